The average Bonchev–Trinajstić information content (AvgIpc) is 2.82. The number of aliphatic hydroxyl groups excluding tert-OH is 1. The highest BCUT2D eigenvalue weighted by Gasteiger charge is 2.27. The van der Waals surface area contributed by atoms with Crippen molar-refractivity contribution in [1.29, 1.82) is 0 Å². The zero-order valence-electron chi connectivity index (χ0n) is 12.6. The van der Waals surface area contributed by atoms with E-state index < -0.39 is 5.54 Å². The molecule has 0 saturated heterocycles. The van der Waals surface area contributed by atoms with Gasteiger partial charge in [-0.15, -0.1) is 0 Å². The quantitative estimate of drug-likeness (QED) is 0.856. The van der Waals surface area contributed by atoms with Gasteiger partial charge in [0.15, 0.2) is 5.76 Å². The van der Waals surface area contributed by atoms with Crippen LogP contribution in [0.2, 0.25) is 0 Å². The van der Waals surface area contributed by atoms with E-state index in [-0.39, 0.29) is 18.3 Å². The van der Waals surface area contributed by atoms with Crippen LogP contribution in [-0.4, -0.2) is 36.9 Å². The first-order valence-electron chi connectivity index (χ1n) is 6.90. The molecule has 0 aliphatic rings. The zero-order chi connectivity index (χ0) is 15.5. The van der Waals surface area contributed by atoms with Crippen molar-refractivity contribution < 1.29 is 19.1 Å². The summed E-state index contributed by atoms with van der Waals surface area (Å²) in [5.41, 5.74) is 1.16. The minimum Gasteiger partial charge on any atom is -0.451 e. The van der Waals surface area contributed by atoms with Crippen molar-refractivity contribution >= 4 is 16.9 Å². The predicted molar refractivity (Wildman–Crippen MR) is 80.4 cm³/mol. The molecule has 0 fully saturated rings. The SMILES string of the molecule is COCC(C)(CCO)NC(=O)c1cc2cc(C)ccc2o1. The summed E-state index contributed by atoms with van der Waals surface area (Å²) < 4.78 is 10.7. The van der Waals surface area contributed by atoms with Crippen molar-refractivity contribution in [3.63, 3.8) is 0 Å². The maximum absolute atomic E-state index is 12.3. The number of aliphatic hydroxyl groups is 1. The van der Waals surface area contributed by atoms with Crippen LogP contribution in [0.3, 0.4) is 0 Å². The molecule has 1 aromatic carbocycles. The molecule has 1 aromatic heterocycles. The zero-order valence-corrected chi connectivity index (χ0v) is 12.6. The van der Waals surface area contributed by atoms with E-state index in [1.54, 1.807) is 13.2 Å². The van der Waals surface area contributed by atoms with E-state index in [9.17, 15) is 4.79 Å². The number of furan rings is 1. The average molecular weight is 291 g/mol. The van der Waals surface area contributed by atoms with Gasteiger partial charge in [-0.1, -0.05) is 11.6 Å². The fourth-order valence-corrected chi connectivity index (χ4v) is 2.35. The smallest absolute Gasteiger partial charge is 0.287 e. The molecule has 21 heavy (non-hydrogen) atoms. The summed E-state index contributed by atoms with van der Waals surface area (Å²) in [7, 11) is 1.56. The van der Waals surface area contributed by atoms with Gasteiger partial charge in [0.05, 0.1) is 12.1 Å². The lowest BCUT2D eigenvalue weighted by atomic mass is 9.99. The summed E-state index contributed by atoms with van der Waals surface area (Å²) in [4.78, 5) is 12.3. The van der Waals surface area contributed by atoms with Crippen LogP contribution in [-0.2, 0) is 4.74 Å². The molecule has 0 bridgehead atoms. The molecule has 5 heteroatoms. The highest BCUT2D eigenvalue weighted by molar-refractivity contribution is 5.96. The number of carbonyl (C=O) groups is 1. The Bertz CT molecular complexity index is 626. The van der Waals surface area contributed by atoms with E-state index in [0.29, 0.717) is 18.6 Å². The molecule has 1 amide bonds. The van der Waals surface area contributed by atoms with Crippen LogP contribution < -0.4 is 5.32 Å². The normalized spacial score (nSPS) is 14.1. The van der Waals surface area contributed by atoms with Gasteiger partial charge in [-0.25, -0.2) is 0 Å². The molecule has 0 radical (unpaired) electrons. The molecule has 1 atom stereocenters. The van der Waals surface area contributed by atoms with Gasteiger partial charge in [-0.2, -0.15) is 0 Å². The number of amides is 1. The fourth-order valence-electron chi connectivity index (χ4n) is 2.35. The third kappa shape index (κ3) is 3.62. The van der Waals surface area contributed by atoms with Crippen LogP contribution in [0.1, 0.15) is 29.5 Å². The Morgan fingerprint density at radius 1 is 1.43 bits per heavy atom. The topological polar surface area (TPSA) is 71.7 Å². The van der Waals surface area contributed by atoms with Gasteiger partial charge in [-0.05, 0) is 38.5 Å². The van der Waals surface area contributed by atoms with Crippen molar-refractivity contribution in [1.82, 2.24) is 5.32 Å². The van der Waals surface area contributed by atoms with Gasteiger partial charge in [0.1, 0.15) is 5.58 Å². The fraction of sp³-hybridized carbons (Fsp3) is 0.438. The Kier molecular flexibility index (Phi) is 4.65. The Morgan fingerprint density at radius 2 is 2.19 bits per heavy atom. The highest BCUT2D eigenvalue weighted by Crippen LogP contribution is 2.21. The number of nitrogens with one attached hydrogen (secondary N) is 1. The Hall–Kier alpha value is -1.85. The molecule has 2 rings (SSSR count). The molecule has 0 aliphatic heterocycles. The number of aryl methyl sites for hydroxylation is 1. The first-order valence-corrected chi connectivity index (χ1v) is 6.90. The summed E-state index contributed by atoms with van der Waals surface area (Å²) in [5.74, 6) is -0.0484. The lowest BCUT2D eigenvalue weighted by Gasteiger charge is -2.28. The van der Waals surface area contributed by atoms with Crippen LogP contribution >= 0.6 is 0 Å². The lowest BCUT2D eigenvalue weighted by molar-refractivity contribution is 0.0705. The number of ether oxygens (including phenoxy) is 1. The second kappa shape index (κ2) is 6.28. The standard InChI is InChI=1S/C16H21NO4/c1-11-4-5-13-12(8-11)9-14(21-13)15(19)17-16(2,6-7-18)10-20-3/h4-5,8-9,18H,6-7,10H2,1-3H3,(H,17,19). The van der Waals surface area contributed by atoms with Gasteiger partial charge in [0.25, 0.3) is 5.91 Å². The summed E-state index contributed by atoms with van der Waals surface area (Å²) in [6.07, 6.45) is 0.409. The van der Waals surface area contributed by atoms with E-state index in [0.717, 1.165) is 10.9 Å². The Balaban J connectivity index is 2.21. The number of fused-ring (bicyclic) bond motifs is 1. The monoisotopic (exact) mass is 291 g/mol. The second-order valence-corrected chi connectivity index (χ2v) is 5.57. The van der Waals surface area contributed by atoms with E-state index >= 15 is 0 Å². The summed E-state index contributed by atoms with van der Waals surface area (Å²) in [6.45, 7) is 4.11. The van der Waals surface area contributed by atoms with Crippen LogP contribution in [0.5, 0.6) is 0 Å². The second-order valence-electron chi connectivity index (χ2n) is 5.57. The lowest BCUT2D eigenvalue weighted by Crippen LogP contribution is -2.49. The summed E-state index contributed by atoms with van der Waals surface area (Å²) in [5, 5.41) is 12.9. The first kappa shape index (κ1) is 15.5. The van der Waals surface area contributed by atoms with Gasteiger partial charge in [0, 0.05) is 19.1 Å². The van der Waals surface area contributed by atoms with E-state index in [1.165, 1.54) is 0 Å². The number of methoxy groups -OCH3 is 1. The molecule has 0 spiro atoms. The molecule has 0 saturated carbocycles. The third-order valence-electron chi connectivity index (χ3n) is 3.44. The third-order valence-corrected chi connectivity index (χ3v) is 3.44. The maximum Gasteiger partial charge on any atom is 0.287 e. The van der Waals surface area contributed by atoms with E-state index in [2.05, 4.69) is 5.32 Å². The van der Waals surface area contributed by atoms with Crippen LogP contribution in [0.15, 0.2) is 28.7 Å². The molecule has 2 aromatic rings. The van der Waals surface area contributed by atoms with E-state index in [1.807, 2.05) is 32.0 Å². The molecule has 114 valence electrons. The molecular formula is C16H21NO4. The highest BCUT2D eigenvalue weighted by atomic mass is 16.5. The minimum atomic E-state index is -0.629. The maximum atomic E-state index is 12.3. The van der Waals surface area contributed by atoms with Crippen LogP contribution in [0, 0.1) is 6.92 Å². The predicted octanol–water partition coefficient (Wildman–Crippen LogP) is 2.26. The van der Waals surface area contributed by atoms with Gasteiger partial charge in [-0.3, -0.25) is 4.79 Å². The van der Waals surface area contributed by atoms with Crippen LogP contribution in [0.25, 0.3) is 11.0 Å². The van der Waals surface area contributed by atoms with Crippen molar-refractivity contribution in [2.45, 2.75) is 25.8 Å². The molecule has 5 nitrogen and oxygen atoms in total. The number of carbonyl (C=O) groups excluding carboxylic acids is 1. The van der Waals surface area contributed by atoms with E-state index in [4.69, 9.17) is 14.3 Å². The number of rotatable bonds is 6. The summed E-state index contributed by atoms with van der Waals surface area (Å²) in [6, 6.07) is 7.49. The number of benzene rings is 1. The summed E-state index contributed by atoms with van der Waals surface area (Å²) >= 11 is 0. The van der Waals surface area contributed by atoms with Crippen molar-refractivity contribution in [2.75, 3.05) is 20.3 Å². The van der Waals surface area contributed by atoms with Gasteiger partial charge >= 0.3 is 0 Å². The first-order chi connectivity index (χ1) is 9.97. The molecule has 0 aliphatic carbocycles. The van der Waals surface area contributed by atoms with Gasteiger partial charge in [0.2, 0.25) is 0 Å². The minimum absolute atomic E-state index is 0.0283. The van der Waals surface area contributed by atoms with Crippen molar-refractivity contribution in [3.05, 3.63) is 35.6 Å². The van der Waals surface area contributed by atoms with Gasteiger partial charge < -0.3 is 19.6 Å². The van der Waals surface area contributed by atoms with Crippen LogP contribution in [0.4, 0.5) is 0 Å². The Labute approximate surface area is 123 Å². The van der Waals surface area contributed by atoms with Crippen molar-refractivity contribution in [3.8, 4) is 0 Å². The molecule has 2 N–H and O–H groups in total. The number of hydrogen-bond acceptors (Lipinski definition) is 4. The molecular weight excluding hydrogens is 270 g/mol. The number of hydrogen-bond donors (Lipinski definition) is 2. The molecule has 1 heterocycles. The van der Waals surface area contributed by atoms with Crippen molar-refractivity contribution in [2.24, 2.45) is 0 Å². The largest absolute Gasteiger partial charge is 0.451 e. The molecule has 1 unspecified atom stereocenters. The Morgan fingerprint density at radius 3 is 2.86 bits per heavy atom.